The van der Waals surface area contributed by atoms with Crippen molar-refractivity contribution >= 4 is 5.95 Å². The first-order valence-corrected chi connectivity index (χ1v) is 5.76. The van der Waals surface area contributed by atoms with Crippen molar-refractivity contribution in [2.24, 2.45) is 0 Å². The predicted octanol–water partition coefficient (Wildman–Crippen LogP) is 0.710. The van der Waals surface area contributed by atoms with E-state index in [-0.39, 0.29) is 5.95 Å². The largest absolute Gasteiger partial charge is 0.481 e. The van der Waals surface area contributed by atoms with Gasteiger partial charge >= 0.3 is 0 Å². The molecule has 0 aliphatic carbocycles. The molecule has 0 saturated carbocycles. The Hall–Kier alpha value is -3.03. The van der Waals surface area contributed by atoms with E-state index in [0.29, 0.717) is 17.7 Å². The summed E-state index contributed by atoms with van der Waals surface area (Å²) in [6.45, 7) is 0. The first kappa shape index (κ1) is 12.0. The average molecular weight is 269 g/mol. The second-order valence-electron chi connectivity index (χ2n) is 3.87. The minimum absolute atomic E-state index is 0.134. The van der Waals surface area contributed by atoms with E-state index >= 15 is 0 Å². The average Bonchev–Trinajstić information content (AvgIpc) is 3.01. The summed E-state index contributed by atoms with van der Waals surface area (Å²) < 4.78 is 6.73. The topological polar surface area (TPSA) is 105 Å². The number of nitrogen functional groups attached to an aromatic ring is 1. The molecule has 3 aromatic heterocycles. The van der Waals surface area contributed by atoms with Gasteiger partial charge < -0.3 is 10.5 Å². The quantitative estimate of drug-likeness (QED) is 0.746. The predicted molar refractivity (Wildman–Crippen MR) is 71.1 cm³/mol. The Morgan fingerprint density at radius 2 is 2.10 bits per heavy atom. The molecular weight excluding hydrogens is 258 g/mol. The van der Waals surface area contributed by atoms with E-state index in [1.54, 1.807) is 48.7 Å². The molecule has 0 saturated heterocycles. The SMILES string of the molecule is COc1cc(-c2nc(N)nc(-n3ccnc3)n2)ccn1. The summed E-state index contributed by atoms with van der Waals surface area (Å²) in [6, 6.07) is 3.50. The van der Waals surface area contributed by atoms with Crippen LogP contribution in [0.3, 0.4) is 0 Å². The highest BCUT2D eigenvalue weighted by Crippen LogP contribution is 2.19. The molecule has 0 unspecified atom stereocenters. The first-order valence-electron chi connectivity index (χ1n) is 5.76. The maximum atomic E-state index is 5.73. The van der Waals surface area contributed by atoms with Crippen LogP contribution in [0.2, 0.25) is 0 Å². The zero-order chi connectivity index (χ0) is 13.9. The van der Waals surface area contributed by atoms with E-state index in [0.717, 1.165) is 5.56 Å². The summed E-state index contributed by atoms with van der Waals surface area (Å²) in [5, 5.41) is 0. The van der Waals surface area contributed by atoms with Gasteiger partial charge in [-0.3, -0.25) is 4.57 Å². The van der Waals surface area contributed by atoms with Crippen LogP contribution in [0, 0.1) is 0 Å². The number of nitrogens with zero attached hydrogens (tertiary/aromatic N) is 6. The minimum Gasteiger partial charge on any atom is -0.481 e. The standard InChI is InChI=1S/C12H11N7O/c1-20-9-6-8(2-3-15-9)10-16-11(13)18-12(17-10)19-5-4-14-7-19/h2-7H,1H3,(H2,13,16,17,18). The summed E-state index contributed by atoms with van der Waals surface area (Å²) in [5.74, 6) is 1.46. The molecular formula is C12H11N7O. The van der Waals surface area contributed by atoms with E-state index in [2.05, 4.69) is 24.9 Å². The highest BCUT2D eigenvalue weighted by Gasteiger charge is 2.09. The Labute approximate surface area is 114 Å². The smallest absolute Gasteiger partial charge is 0.240 e. The van der Waals surface area contributed by atoms with Crippen molar-refractivity contribution in [1.29, 1.82) is 0 Å². The molecule has 3 heterocycles. The number of imidazole rings is 1. The zero-order valence-electron chi connectivity index (χ0n) is 10.6. The van der Waals surface area contributed by atoms with Crippen LogP contribution >= 0.6 is 0 Å². The van der Waals surface area contributed by atoms with Gasteiger partial charge in [0.15, 0.2) is 5.82 Å². The molecule has 3 aromatic rings. The van der Waals surface area contributed by atoms with Gasteiger partial charge in [-0.2, -0.15) is 15.0 Å². The van der Waals surface area contributed by atoms with Gasteiger partial charge in [-0.1, -0.05) is 0 Å². The summed E-state index contributed by atoms with van der Waals surface area (Å²) in [7, 11) is 1.55. The maximum absolute atomic E-state index is 5.73. The molecule has 0 atom stereocenters. The van der Waals surface area contributed by atoms with Crippen LogP contribution in [0.5, 0.6) is 5.88 Å². The van der Waals surface area contributed by atoms with E-state index in [1.165, 1.54) is 0 Å². The van der Waals surface area contributed by atoms with E-state index in [9.17, 15) is 0 Å². The van der Waals surface area contributed by atoms with E-state index in [1.807, 2.05) is 0 Å². The van der Waals surface area contributed by atoms with Crippen LogP contribution in [0.25, 0.3) is 17.3 Å². The molecule has 0 spiro atoms. The highest BCUT2D eigenvalue weighted by atomic mass is 16.5. The molecule has 2 N–H and O–H groups in total. The van der Waals surface area contributed by atoms with Crippen LogP contribution in [0.15, 0.2) is 37.1 Å². The van der Waals surface area contributed by atoms with Gasteiger partial charge in [0.05, 0.1) is 7.11 Å². The van der Waals surface area contributed by atoms with Crippen LogP contribution in [-0.4, -0.2) is 36.6 Å². The van der Waals surface area contributed by atoms with Crippen LogP contribution in [0.4, 0.5) is 5.95 Å². The van der Waals surface area contributed by atoms with Crippen molar-refractivity contribution < 1.29 is 4.74 Å². The van der Waals surface area contributed by atoms with Crippen molar-refractivity contribution in [1.82, 2.24) is 29.5 Å². The summed E-state index contributed by atoms with van der Waals surface area (Å²) in [4.78, 5) is 20.6. The molecule has 0 amide bonds. The molecule has 20 heavy (non-hydrogen) atoms. The number of anilines is 1. The van der Waals surface area contributed by atoms with Crippen molar-refractivity contribution in [2.45, 2.75) is 0 Å². The zero-order valence-corrected chi connectivity index (χ0v) is 10.6. The van der Waals surface area contributed by atoms with Crippen molar-refractivity contribution in [2.75, 3.05) is 12.8 Å². The number of nitrogens with two attached hydrogens (primary N) is 1. The second-order valence-corrected chi connectivity index (χ2v) is 3.87. The van der Waals surface area contributed by atoms with Crippen LogP contribution < -0.4 is 10.5 Å². The Morgan fingerprint density at radius 3 is 2.85 bits per heavy atom. The fourth-order valence-corrected chi connectivity index (χ4v) is 1.66. The molecule has 100 valence electrons. The lowest BCUT2D eigenvalue weighted by molar-refractivity contribution is 0.398. The third-order valence-corrected chi connectivity index (χ3v) is 2.58. The Kier molecular flexibility index (Phi) is 2.96. The Bertz CT molecular complexity index is 726. The molecule has 0 aromatic carbocycles. The van der Waals surface area contributed by atoms with E-state index in [4.69, 9.17) is 10.5 Å². The van der Waals surface area contributed by atoms with Crippen LogP contribution in [0.1, 0.15) is 0 Å². The fraction of sp³-hybridized carbons (Fsp3) is 0.0833. The minimum atomic E-state index is 0.134. The second kappa shape index (κ2) is 4.92. The van der Waals surface area contributed by atoms with Crippen molar-refractivity contribution in [3.8, 4) is 23.2 Å². The molecule has 0 radical (unpaired) electrons. The number of methoxy groups -OCH3 is 1. The van der Waals surface area contributed by atoms with Crippen LogP contribution in [-0.2, 0) is 0 Å². The molecule has 0 aliphatic heterocycles. The number of hydrogen-bond donors (Lipinski definition) is 1. The summed E-state index contributed by atoms with van der Waals surface area (Å²) >= 11 is 0. The van der Waals surface area contributed by atoms with Crippen molar-refractivity contribution in [3.05, 3.63) is 37.1 Å². The Morgan fingerprint density at radius 1 is 1.20 bits per heavy atom. The van der Waals surface area contributed by atoms with Gasteiger partial charge in [-0.15, -0.1) is 0 Å². The Balaban J connectivity index is 2.09. The van der Waals surface area contributed by atoms with Gasteiger partial charge in [-0.25, -0.2) is 9.97 Å². The molecule has 0 aliphatic rings. The van der Waals surface area contributed by atoms with Crippen molar-refractivity contribution in [3.63, 3.8) is 0 Å². The molecule has 0 bridgehead atoms. The lowest BCUT2D eigenvalue weighted by Crippen LogP contribution is -2.06. The number of ether oxygens (including phenoxy) is 1. The van der Waals surface area contributed by atoms with Gasteiger partial charge in [0.2, 0.25) is 17.8 Å². The number of hydrogen-bond acceptors (Lipinski definition) is 7. The third kappa shape index (κ3) is 2.26. The lowest BCUT2D eigenvalue weighted by atomic mass is 10.2. The molecule has 0 fully saturated rings. The van der Waals surface area contributed by atoms with Gasteiger partial charge in [-0.05, 0) is 6.07 Å². The number of aromatic nitrogens is 6. The first-order chi connectivity index (χ1) is 9.76. The normalized spacial score (nSPS) is 10.4. The third-order valence-electron chi connectivity index (χ3n) is 2.58. The summed E-state index contributed by atoms with van der Waals surface area (Å²) in [5.41, 5.74) is 6.47. The fourth-order valence-electron chi connectivity index (χ4n) is 1.66. The van der Waals surface area contributed by atoms with Gasteiger partial charge in [0.1, 0.15) is 6.33 Å². The molecule has 3 rings (SSSR count). The maximum Gasteiger partial charge on any atom is 0.240 e. The molecule has 8 nitrogen and oxygen atoms in total. The lowest BCUT2D eigenvalue weighted by Gasteiger charge is -2.06. The van der Waals surface area contributed by atoms with E-state index < -0.39 is 0 Å². The highest BCUT2D eigenvalue weighted by molar-refractivity contribution is 5.57. The monoisotopic (exact) mass is 269 g/mol. The summed E-state index contributed by atoms with van der Waals surface area (Å²) in [6.07, 6.45) is 6.57. The number of pyridine rings is 1. The van der Waals surface area contributed by atoms with Gasteiger partial charge in [0, 0.05) is 30.2 Å². The van der Waals surface area contributed by atoms with Gasteiger partial charge in [0.25, 0.3) is 0 Å². The molecule has 8 heteroatoms. The number of rotatable bonds is 3.